The fraction of sp³-hybridized carbons (Fsp3) is 0.812. The van der Waals surface area contributed by atoms with Crippen molar-refractivity contribution in [1.29, 1.82) is 0 Å². The SMILES string of the molecule is C[C@@H]1C[C@H]2CC[C@@H](C(=O)O)N2C(=O)[C@@H](NC(=O)OC(C)(C)C)C1. The molecule has 0 spiro atoms. The van der Waals surface area contributed by atoms with Crippen LogP contribution >= 0.6 is 0 Å². The molecule has 0 saturated carbocycles. The zero-order valence-corrected chi connectivity index (χ0v) is 14.2. The summed E-state index contributed by atoms with van der Waals surface area (Å²) in [5, 5.41) is 12.0. The number of nitrogens with zero attached hydrogens (tertiary/aromatic N) is 1. The summed E-state index contributed by atoms with van der Waals surface area (Å²) in [4.78, 5) is 37.6. The van der Waals surface area contributed by atoms with Crippen LogP contribution in [0.2, 0.25) is 0 Å². The van der Waals surface area contributed by atoms with Gasteiger partial charge < -0.3 is 20.1 Å². The van der Waals surface area contributed by atoms with E-state index >= 15 is 0 Å². The minimum absolute atomic E-state index is 0.0518. The Hall–Kier alpha value is -1.79. The zero-order valence-electron chi connectivity index (χ0n) is 14.2. The molecular formula is C16H26N2O5. The molecule has 4 atom stereocenters. The normalized spacial score (nSPS) is 31.3. The average Bonchev–Trinajstić information content (AvgIpc) is 2.73. The van der Waals surface area contributed by atoms with E-state index in [0.717, 1.165) is 6.42 Å². The van der Waals surface area contributed by atoms with Crippen molar-refractivity contribution in [3.8, 4) is 0 Å². The van der Waals surface area contributed by atoms with E-state index in [9.17, 15) is 19.5 Å². The number of nitrogens with one attached hydrogen (secondary N) is 1. The van der Waals surface area contributed by atoms with Gasteiger partial charge in [-0.15, -0.1) is 0 Å². The Morgan fingerprint density at radius 1 is 1.26 bits per heavy atom. The third kappa shape index (κ3) is 4.14. The molecular weight excluding hydrogens is 300 g/mol. The Balaban J connectivity index is 2.15. The molecule has 0 aliphatic carbocycles. The first-order valence-electron chi connectivity index (χ1n) is 8.13. The number of ether oxygens (including phenoxy) is 1. The monoisotopic (exact) mass is 326 g/mol. The van der Waals surface area contributed by atoms with Crippen LogP contribution in [0, 0.1) is 5.92 Å². The van der Waals surface area contributed by atoms with E-state index in [0.29, 0.717) is 19.3 Å². The Labute approximate surface area is 136 Å². The van der Waals surface area contributed by atoms with Crippen LogP contribution in [0.1, 0.15) is 53.4 Å². The summed E-state index contributed by atoms with van der Waals surface area (Å²) >= 11 is 0. The van der Waals surface area contributed by atoms with E-state index in [1.807, 2.05) is 6.92 Å². The minimum Gasteiger partial charge on any atom is -0.480 e. The zero-order chi connectivity index (χ0) is 17.4. The number of carboxylic acid groups (broad SMARTS) is 1. The molecule has 0 radical (unpaired) electrons. The Morgan fingerprint density at radius 3 is 2.48 bits per heavy atom. The number of alkyl carbamates (subject to hydrolysis) is 1. The van der Waals surface area contributed by atoms with Gasteiger partial charge in [0, 0.05) is 6.04 Å². The highest BCUT2D eigenvalue weighted by Crippen LogP contribution is 2.34. The number of amides is 2. The molecule has 0 unspecified atom stereocenters. The van der Waals surface area contributed by atoms with E-state index in [-0.39, 0.29) is 17.9 Å². The van der Waals surface area contributed by atoms with E-state index in [2.05, 4.69) is 5.32 Å². The summed E-state index contributed by atoms with van der Waals surface area (Å²) in [6.07, 6.45) is 1.79. The van der Waals surface area contributed by atoms with Crippen molar-refractivity contribution in [2.75, 3.05) is 0 Å². The number of hydrogen-bond donors (Lipinski definition) is 2. The summed E-state index contributed by atoms with van der Waals surface area (Å²) < 4.78 is 5.21. The van der Waals surface area contributed by atoms with Crippen LogP contribution < -0.4 is 5.32 Å². The third-order valence-electron chi connectivity index (χ3n) is 4.34. The molecule has 0 aromatic rings. The second-order valence-electron chi connectivity index (χ2n) is 7.61. The first-order chi connectivity index (χ1) is 10.6. The predicted molar refractivity (Wildman–Crippen MR) is 82.8 cm³/mol. The van der Waals surface area contributed by atoms with Crippen LogP contribution in [0.25, 0.3) is 0 Å². The molecule has 2 fully saturated rings. The first kappa shape index (κ1) is 17.6. The van der Waals surface area contributed by atoms with Gasteiger partial charge in [-0.3, -0.25) is 4.79 Å². The fourth-order valence-electron chi connectivity index (χ4n) is 3.50. The summed E-state index contributed by atoms with van der Waals surface area (Å²) in [6, 6.07) is -1.57. The molecule has 130 valence electrons. The van der Waals surface area contributed by atoms with Crippen LogP contribution in [0.4, 0.5) is 4.79 Å². The maximum absolute atomic E-state index is 12.8. The maximum atomic E-state index is 12.8. The Morgan fingerprint density at radius 2 is 1.91 bits per heavy atom. The van der Waals surface area contributed by atoms with E-state index < -0.39 is 29.7 Å². The summed E-state index contributed by atoms with van der Waals surface area (Å²) in [5.41, 5.74) is -0.650. The molecule has 2 rings (SSSR count). The van der Waals surface area contributed by atoms with Gasteiger partial charge in [0.2, 0.25) is 5.91 Å². The number of aliphatic carboxylic acids is 1. The van der Waals surface area contributed by atoms with E-state index in [1.54, 1.807) is 20.8 Å². The molecule has 2 aliphatic rings. The van der Waals surface area contributed by atoms with Crippen LogP contribution in [0.5, 0.6) is 0 Å². The van der Waals surface area contributed by atoms with Gasteiger partial charge in [-0.25, -0.2) is 9.59 Å². The van der Waals surface area contributed by atoms with Gasteiger partial charge in [0.25, 0.3) is 0 Å². The highest BCUT2D eigenvalue weighted by Gasteiger charge is 2.46. The topological polar surface area (TPSA) is 95.9 Å². The molecule has 2 heterocycles. The van der Waals surface area contributed by atoms with E-state index in [4.69, 9.17) is 4.74 Å². The van der Waals surface area contributed by atoms with Crippen LogP contribution in [-0.2, 0) is 14.3 Å². The Kier molecular flexibility index (Phi) is 4.87. The summed E-state index contributed by atoms with van der Waals surface area (Å²) in [7, 11) is 0. The van der Waals surface area contributed by atoms with Crippen molar-refractivity contribution in [3.63, 3.8) is 0 Å². The quantitative estimate of drug-likeness (QED) is 0.806. The third-order valence-corrected chi connectivity index (χ3v) is 4.34. The van der Waals surface area contributed by atoms with Crippen LogP contribution in [-0.4, -0.2) is 51.7 Å². The molecule has 7 heteroatoms. The number of carbonyl (C=O) groups is 3. The second kappa shape index (κ2) is 6.37. The standard InChI is InChI=1S/C16H26N2O5/c1-9-7-10-5-6-12(14(20)21)18(10)13(19)11(8-9)17-15(22)23-16(2,3)4/h9-12H,5-8H2,1-4H3,(H,17,22)(H,20,21)/t9-,10-,11+,12+/m1/s1. The van der Waals surface area contributed by atoms with Crippen molar-refractivity contribution >= 4 is 18.0 Å². The molecule has 7 nitrogen and oxygen atoms in total. The van der Waals surface area contributed by atoms with Crippen LogP contribution in [0.15, 0.2) is 0 Å². The van der Waals surface area contributed by atoms with Gasteiger partial charge >= 0.3 is 12.1 Å². The molecule has 2 saturated heterocycles. The lowest BCUT2D eigenvalue weighted by atomic mass is 9.96. The van der Waals surface area contributed by atoms with Gasteiger partial charge in [0.15, 0.2) is 0 Å². The van der Waals surface area contributed by atoms with E-state index in [1.165, 1.54) is 4.90 Å². The maximum Gasteiger partial charge on any atom is 0.408 e. The van der Waals surface area contributed by atoms with Gasteiger partial charge in [-0.05, 0) is 52.4 Å². The molecule has 2 aliphatic heterocycles. The Bertz CT molecular complexity index is 499. The van der Waals surface area contributed by atoms with Crippen molar-refractivity contribution < 1.29 is 24.2 Å². The summed E-state index contributed by atoms with van der Waals surface area (Å²) in [5.74, 6) is -1.07. The number of rotatable bonds is 2. The lowest BCUT2D eigenvalue weighted by Crippen LogP contribution is -2.53. The molecule has 0 bridgehead atoms. The lowest BCUT2D eigenvalue weighted by molar-refractivity contribution is -0.150. The first-order valence-corrected chi connectivity index (χ1v) is 8.13. The summed E-state index contributed by atoms with van der Waals surface area (Å²) in [6.45, 7) is 7.28. The number of hydrogen-bond acceptors (Lipinski definition) is 4. The largest absolute Gasteiger partial charge is 0.480 e. The van der Waals surface area contributed by atoms with Gasteiger partial charge in [-0.1, -0.05) is 6.92 Å². The fourth-order valence-corrected chi connectivity index (χ4v) is 3.50. The molecule has 23 heavy (non-hydrogen) atoms. The van der Waals surface area contributed by atoms with Crippen molar-refractivity contribution in [3.05, 3.63) is 0 Å². The molecule has 0 aromatic heterocycles. The van der Waals surface area contributed by atoms with Crippen molar-refractivity contribution in [2.24, 2.45) is 5.92 Å². The molecule has 2 N–H and O–H groups in total. The molecule has 2 amide bonds. The average molecular weight is 326 g/mol. The smallest absolute Gasteiger partial charge is 0.408 e. The minimum atomic E-state index is -0.980. The van der Waals surface area contributed by atoms with Gasteiger partial charge in [0.05, 0.1) is 0 Å². The number of fused-ring (bicyclic) bond motifs is 1. The second-order valence-corrected chi connectivity index (χ2v) is 7.61. The molecule has 0 aromatic carbocycles. The number of carboxylic acids is 1. The van der Waals surface area contributed by atoms with Crippen LogP contribution in [0.3, 0.4) is 0 Å². The number of carbonyl (C=O) groups excluding carboxylic acids is 2. The van der Waals surface area contributed by atoms with Crippen molar-refractivity contribution in [2.45, 2.75) is 77.1 Å². The van der Waals surface area contributed by atoms with Crippen molar-refractivity contribution in [1.82, 2.24) is 10.2 Å². The lowest BCUT2D eigenvalue weighted by Gasteiger charge is -2.29. The highest BCUT2D eigenvalue weighted by atomic mass is 16.6. The highest BCUT2D eigenvalue weighted by molar-refractivity contribution is 5.90. The predicted octanol–water partition coefficient (Wildman–Crippen LogP) is 1.75. The van der Waals surface area contributed by atoms with Gasteiger partial charge in [-0.2, -0.15) is 0 Å². The van der Waals surface area contributed by atoms with Gasteiger partial charge in [0.1, 0.15) is 17.7 Å².